The molecule has 0 radical (unpaired) electrons. The first-order chi connectivity index (χ1) is 27.5. The van der Waals surface area contributed by atoms with Crippen molar-refractivity contribution in [1.29, 1.82) is 0 Å². The molecule has 6 heteroatoms. The van der Waals surface area contributed by atoms with Gasteiger partial charge in [-0.15, -0.1) is 0 Å². The van der Waals surface area contributed by atoms with Crippen LogP contribution in [0.3, 0.4) is 0 Å². The van der Waals surface area contributed by atoms with Gasteiger partial charge >= 0.3 is 364 Å². The Morgan fingerprint density at radius 1 is 0.552 bits per heavy atom. The van der Waals surface area contributed by atoms with Crippen molar-refractivity contribution in [2.45, 2.75) is 104 Å². The van der Waals surface area contributed by atoms with Gasteiger partial charge in [-0.3, -0.25) is 0 Å². The molecule has 4 aromatic carbocycles. The van der Waals surface area contributed by atoms with E-state index in [2.05, 4.69) is 178 Å². The zero-order valence-electron chi connectivity index (χ0n) is 35.6. The Hall–Kier alpha value is -3.40. The van der Waals surface area contributed by atoms with Crippen LogP contribution in [0, 0.1) is 27.7 Å². The number of halogens is 2. The summed E-state index contributed by atoms with van der Waals surface area (Å²) in [5.74, 6) is 2.42. The molecule has 0 amide bonds. The minimum absolute atomic E-state index is 0.0982. The van der Waals surface area contributed by atoms with E-state index in [0.29, 0.717) is 0 Å². The number of benzene rings is 4. The molecule has 2 nitrogen and oxygen atoms in total. The third-order valence-corrected chi connectivity index (χ3v) is 34.4. The summed E-state index contributed by atoms with van der Waals surface area (Å²) in [5, 5.41) is 0. The van der Waals surface area contributed by atoms with Gasteiger partial charge in [0.05, 0.1) is 0 Å². The summed E-state index contributed by atoms with van der Waals surface area (Å²) in [6.45, 7) is 22.4. The van der Waals surface area contributed by atoms with Crippen LogP contribution in [0.25, 0.3) is 45.6 Å². The Labute approximate surface area is 361 Å². The Morgan fingerprint density at radius 3 is 1.26 bits per heavy atom. The van der Waals surface area contributed by atoms with Crippen molar-refractivity contribution < 1.29 is 27.4 Å². The molecule has 0 saturated carbocycles. The zero-order chi connectivity index (χ0) is 41.3. The third kappa shape index (κ3) is 7.73. The molecule has 6 aromatic rings. The molecule has 2 aliphatic rings. The Morgan fingerprint density at radius 2 is 0.931 bits per heavy atom. The van der Waals surface area contributed by atoms with Crippen molar-refractivity contribution in [3.63, 3.8) is 0 Å². The van der Waals surface area contributed by atoms with Crippen LogP contribution in [-0.2, 0) is 29.4 Å². The zero-order valence-corrected chi connectivity index (χ0v) is 40.7. The van der Waals surface area contributed by atoms with Crippen LogP contribution < -0.4 is 0 Å². The van der Waals surface area contributed by atoms with E-state index in [4.69, 9.17) is 25.9 Å². The molecule has 2 heterocycles. The van der Waals surface area contributed by atoms with Gasteiger partial charge in [-0.2, -0.15) is 0 Å². The van der Waals surface area contributed by atoms with Crippen LogP contribution in [0.5, 0.6) is 0 Å². The first kappa shape index (κ1) is 41.3. The third-order valence-electron chi connectivity index (χ3n) is 12.7. The van der Waals surface area contributed by atoms with E-state index in [-0.39, 0.29) is 22.7 Å². The second-order valence-corrected chi connectivity index (χ2v) is 42.2. The van der Waals surface area contributed by atoms with Crippen molar-refractivity contribution >= 4 is 46.2 Å². The van der Waals surface area contributed by atoms with Crippen molar-refractivity contribution in [1.82, 2.24) is 0 Å². The topological polar surface area (TPSA) is 26.3 Å². The molecule has 2 aliphatic carbocycles. The predicted molar refractivity (Wildman–Crippen MR) is 247 cm³/mol. The maximum atomic E-state index is 7.48. The summed E-state index contributed by atoms with van der Waals surface area (Å²) >= 11 is -2.83. The number of hydrogen-bond donors (Lipinski definition) is 0. The van der Waals surface area contributed by atoms with E-state index in [1.54, 1.807) is 0 Å². The molecule has 2 aromatic heterocycles. The SMILES string of the molecule is Cc1cc2c(c(-c3ccccc3)c1C)C=C(c1ccc(C(C)(C)C)o1)C2C[SiH](CC1C(c2ccc(C(C)(C)C)o2)=Cc2c1cc(C)c(C)c2-c1ccccc1)[Zr]([Cl])[Cl]. The van der Waals surface area contributed by atoms with Gasteiger partial charge in [0.15, 0.2) is 0 Å². The average molecular weight is 902 g/mol. The molecule has 0 N–H and O–H groups in total. The van der Waals surface area contributed by atoms with E-state index in [1.165, 1.54) is 77.9 Å². The first-order valence-electron chi connectivity index (χ1n) is 20.7. The van der Waals surface area contributed by atoms with E-state index in [0.717, 1.165) is 35.1 Å². The van der Waals surface area contributed by atoms with E-state index >= 15 is 0 Å². The van der Waals surface area contributed by atoms with Gasteiger partial charge in [-0.05, 0) is 0 Å². The minimum atomic E-state index is -2.83. The van der Waals surface area contributed by atoms with Crippen molar-refractivity contribution in [3.8, 4) is 22.3 Å². The number of aryl methyl sites for hydroxylation is 2. The molecule has 0 bridgehead atoms. The predicted octanol–water partition coefficient (Wildman–Crippen LogP) is 15.7. The van der Waals surface area contributed by atoms with Gasteiger partial charge in [0.2, 0.25) is 0 Å². The average Bonchev–Trinajstić information content (AvgIpc) is 3.99. The summed E-state index contributed by atoms with van der Waals surface area (Å²) in [4.78, 5) is 0. The van der Waals surface area contributed by atoms with Gasteiger partial charge in [-0.1, -0.05) is 0 Å². The van der Waals surface area contributed by atoms with E-state index in [9.17, 15) is 0 Å². The Balaban J connectivity index is 1.26. The van der Waals surface area contributed by atoms with Crippen LogP contribution in [0.2, 0.25) is 12.1 Å². The summed E-state index contributed by atoms with van der Waals surface area (Å²) < 4.78 is 13.6. The molecule has 2 atom stereocenters. The fourth-order valence-electron chi connectivity index (χ4n) is 9.24. The van der Waals surface area contributed by atoms with Crippen molar-refractivity contribution in [3.05, 3.63) is 165 Å². The molecular formula is C52H55Cl2O2SiZr. The molecule has 0 fully saturated rings. The number of allylic oxidation sites excluding steroid dienone is 2. The normalized spacial score (nSPS) is 16.9. The van der Waals surface area contributed by atoms with Crippen LogP contribution in [0.1, 0.15) is 121 Å². The maximum absolute atomic E-state index is 7.48. The summed E-state index contributed by atoms with van der Waals surface area (Å²) in [6.07, 6.45) is 4.87. The summed E-state index contributed by atoms with van der Waals surface area (Å²) in [5.41, 5.74) is 18.1. The van der Waals surface area contributed by atoms with Gasteiger partial charge in [0.1, 0.15) is 0 Å². The van der Waals surface area contributed by atoms with Gasteiger partial charge in [0.25, 0.3) is 0 Å². The first-order valence-corrected chi connectivity index (χ1v) is 33.5. The Kier molecular flexibility index (Phi) is 11.3. The second-order valence-electron chi connectivity index (χ2n) is 18.7. The molecule has 0 aliphatic heterocycles. The monoisotopic (exact) mass is 899 g/mol. The number of fused-ring (bicyclic) bond motifs is 2. The fourth-order valence-corrected chi connectivity index (χ4v) is 24.4. The van der Waals surface area contributed by atoms with Crippen LogP contribution in [0.15, 0.2) is 106 Å². The van der Waals surface area contributed by atoms with E-state index < -0.39 is 24.4 Å². The number of furan rings is 2. The molecule has 0 spiro atoms. The van der Waals surface area contributed by atoms with Gasteiger partial charge in [-0.25, -0.2) is 0 Å². The quantitative estimate of drug-likeness (QED) is 0.135. The number of rotatable bonds is 9. The summed E-state index contributed by atoms with van der Waals surface area (Å²) in [7, 11) is 15.0. The summed E-state index contributed by atoms with van der Waals surface area (Å²) in [6, 6.07) is 37.3. The van der Waals surface area contributed by atoms with Gasteiger partial charge in [0, 0.05) is 0 Å². The molecule has 2 unspecified atom stereocenters. The number of hydrogen-bond acceptors (Lipinski definition) is 2. The molecule has 0 saturated heterocycles. The molecule has 8 rings (SSSR count). The van der Waals surface area contributed by atoms with Gasteiger partial charge < -0.3 is 0 Å². The van der Waals surface area contributed by atoms with Crippen LogP contribution in [0.4, 0.5) is 0 Å². The standard InChI is InChI=1S/C52H55O2Si.2ClH.Zr/c1-31-25-37-41(49(33(31)3)35-17-13-11-14-18-35)27-39(45-21-23-47(53-45)51(5,6)7)43(37)29-55-30-44-38-26-32(2)34(4)50(36-19-15-12-16-20-36)42(38)28-40(44)46-22-24-48(54-46)52(8,9)10;;;/h11-28,43-44,55H,29-30H2,1-10H3;2*1H;/q;;;+2/p-2. The molecule has 297 valence electrons. The second kappa shape index (κ2) is 15.9. The molecule has 58 heavy (non-hydrogen) atoms. The van der Waals surface area contributed by atoms with E-state index in [1.807, 2.05) is 0 Å². The molecular weight excluding hydrogens is 847 g/mol. The van der Waals surface area contributed by atoms with Crippen molar-refractivity contribution in [2.75, 3.05) is 0 Å². The fraction of sp³-hybridized carbons (Fsp3) is 0.308. The van der Waals surface area contributed by atoms with Crippen LogP contribution >= 0.6 is 17.0 Å². The Bertz CT molecular complexity index is 2390. The van der Waals surface area contributed by atoms with Crippen LogP contribution in [-0.4, -0.2) is 5.92 Å². The van der Waals surface area contributed by atoms with Crippen molar-refractivity contribution in [2.24, 2.45) is 0 Å².